The molecule has 2 amide bonds. The summed E-state index contributed by atoms with van der Waals surface area (Å²) in [6.45, 7) is 0.0855. The molecule has 102 valence electrons. The number of carbonyl (C=O) groups is 2. The van der Waals surface area contributed by atoms with Crippen molar-refractivity contribution in [1.29, 1.82) is 0 Å². The quantitative estimate of drug-likeness (QED) is 0.762. The fourth-order valence-corrected chi connectivity index (χ4v) is 1.77. The van der Waals surface area contributed by atoms with Gasteiger partial charge in [-0.2, -0.15) is 0 Å². The molecule has 2 rings (SSSR count). The summed E-state index contributed by atoms with van der Waals surface area (Å²) in [4.78, 5) is 26.9. The van der Waals surface area contributed by atoms with Crippen molar-refractivity contribution in [2.45, 2.75) is 38.1 Å². The van der Waals surface area contributed by atoms with E-state index < -0.39 is 0 Å². The second-order valence-electron chi connectivity index (χ2n) is 4.83. The van der Waals surface area contributed by atoms with Crippen LogP contribution in [-0.4, -0.2) is 29.4 Å². The highest BCUT2D eigenvalue weighted by Gasteiger charge is 2.22. The first-order chi connectivity index (χ1) is 9.24. The molecule has 0 saturated heterocycles. The predicted molar refractivity (Wildman–Crippen MR) is 71.3 cm³/mol. The Hall–Kier alpha value is -1.91. The maximum absolute atomic E-state index is 11.5. The van der Waals surface area contributed by atoms with Crippen molar-refractivity contribution >= 4 is 11.8 Å². The number of nitrogens with zero attached hydrogens (tertiary/aromatic N) is 1. The van der Waals surface area contributed by atoms with Crippen LogP contribution in [0.2, 0.25) is 0 Å². The Labute approximate surface area is 112 Å². The minimum absolute atomic E-state index is 0.0742. The molecule has 19 heavy (non-hydrogen) atoms. The van der Waals surface area contributed by atoms with Crippen molar-refractivity contribution in [2.75, 3.05) is 6.54 Å². The van der Waals surface area contributed by atoms with Gasteiger partial charge in [-0.15, -0.1) is 0 Å². The molecule has 1 aliphatic carbocycles. The number of amides is 2. The van der Waals surface area contributed by atoms with Crippen LogP contribution >= 0.6 is 0 Å². The number of aromatic nitrogens is 1. The van der Waals surface area contributed by atoms with Gasteiger partial charge in [-0.25, -0.2) is 0 Å². The standard InChI is InChI=1S/C14H19N3O2/c18-13(16-10-14(19)17-12-6-7-12)5-1-3-11-4-2-8-15-9-11/h2,4,8-9,12H,1,3,5-7,10H2,(H,16,18)(H,17,19). The minimum Gasteiger partial charge on any atom is -0.352 e. The fourth-order valence-electron chi connectivity index (χ4n) is 1.77. The average Bonchev–Trinajstić information content (AvgIpc) is 3.22. The fraction of sp³-hybridized carbons (Fsp3) is 0.500. The molecule has 0 aliphatic heterocycles. The summed E-state index contributed by atoms with van der Waals surface area (Å²) in [5, 5.41) is 5.46. The molecule has 0 spiro atoms. The third-order valence-electron chi connectivity index (χ3n) is 2.98. The lowest BCUT2D eigenvalue weighted by atomic mass is 10.1. The highest BCUT2D eigenvalue weighted by atomic mass is 16.2. The zero-order valence-corrected chi connectivity index (χ0v) is 10.9. The monoisotopic (exact) mass is 261 g/mol. The van der Waals surface area contributed by atoms with Crippen molar-refractivity contribution in [3.63, 3.8) is 0 Å². The van der Waals surface area contributed by atoms with Crippen LogP contribution in [0.3, 0.4) is 0 Å². The normalized spacial score (nSPS) is 13.9. The highest BCUT2D eigenvalue weighted by Crippen LogP contribution is 2.18. The molecule has 1 aromatic heterocycles. The molecule has 2 N–H and O–H groups in total. The molecule has 1 aliphatic rings. The Morgan fingerprint density at radius 2 is 2.16 bits per heavy atom. The van der Waals surface area contributed by atoms with Gasteiger partial charge < -0.3 is 10.6 Å². The van der Waals surface area contributed by atoms with Crippen LogP contribution < -0.4 is 10.6 Å². The number of rotatable bonds is 7. The van der Waals surface area contributed by atoms with Gasteiger partial charge in [0.15, 0.2) is 0 Å². The lowest BCUT2D eigenvalue weighted by Gasteiger charge is -2.05. The van der Waals surface area contributed by atoms with Gasteiger partial charge in [0.25, 0.3) is 0 Å². The first-order valence-electron chi connectivity index (χ1n) is 6.69. The van der Waals surface area contributed by atoms with E-state index in [1.165, 1.54) is 0 Å². The largest absolute Gasteiger partial charge is 0.352 e. The van der Waals surface area contributed by atoms with Gasteiger partial charge in [-0.3, -0.25) is 14.6 Å². The van der Waals surface area contributed by atoms with E-state index in [4.69, 9.17) is 0 Å². The molecule has 5 nitrogen and oxygen atoms in total. The number of carbonyl (C=O) groups excluding carboxylic acids is 2. The van der Waals surface area contributed by atoms with Gasteiger partial charge in [-0.1, -0.05) is 6.07 Å². The lowest BCUT2D eigenvalue weighted by Crippen LogP contribution is -2.37. The summed E-state index contributed by atoms with van der Waals surface area (Å²) in [6, 6.07) is 4.22. The topological polar surface area (TPSA) is 71.1 Å². The van der Waals surface area contributed by atoms with Gasteiger partial charge in [-0.05, 0) is 37.3 Å². The van der Waals surface area contributed by atoms with Gasteiger partial charge >= 0.3 is 0 Å². The molecule has 1 aromatic rings. The number of aryl methyl sites for hydroxylation is 1. The summed E-state index contributed by atoms with van der Waals surface area (Å²) in [5.74, 6) is -0.169. The van der Waals surface area contributed by atoms with Crippen molar-refractivity contribution in [3.8, 4) is 0 Å². The molecule has 0 radical (unpaired) electrons. The Balaban J connectivity index is 1.55. The SMILES string of the molecule is O=C(CCCc1cccnc1)NCC(=O)NC1CC1. The van der Waals surface area contributed by atoms with Crippen LogP contribution in [0.25, 0.3) is 0 Å². The molecule has 1 saturated carbocycles. The van der Waals surface area contributed by atoms with Crippen LogP contribution in [0.4, 0.5) is 0 Å². The van der Waals surface area contributed by atoms with Crippen LogP contribution in [0.1, 0.15) is 31.2 Å². The maximum Gasteiger partial charge on any atom is 0.239 e. The summed E-state index contributed by atoms with van der Waals surface area (Å²) < 4.78 is 0. The van der Waals surface area contributed by atoms with Gasteiger partial charge in [0.2, 0.25) is 11.8 Å². The first kappa shape index (κ1) is 13.5. The van der Waals surface area contributed by atoms with Crippen LogP contribution in [0.15, 0.2) is 24.5 Å². The summed E-state index contributed by atoms with van der Waals surface area (Å²) in [6.07, 6.45) is 7.69. The zero-order valence-electron chi connectivity index (χ0n) is 10.9. The van der Waals surface area contributed by atoms with E-state index in [0.29, 0.717) is 12.5 Å². The van der Waals surface area contributed by atoms with Gasteiger partial charge in [0.1, 0.15) is 0 Å². The Morgan fingerprint density at radius 3 is 2.84 bits per heavy atom. The van der Waals surface area contributed by atoms with E-state index >= 15 is 0 Å². The van der Waals surface area contributed by atoms with Crippen LogP contribution in [0, 0.1) is 0 Å². The molecular weight excluding hydrogens is 242 g/mol. The van der Waals surface area contributed by atoms with E-state index in [0.717, 1.165) is 31.2 Å². The van der Waals surface area contributed by atoms with Crippen molar-refractivity contribution in [3.05, 3.63) is 30.1 Å². The lowest BCUT2D eigenvalue weighted by molar-refractivity contribution is -0.126. The third kappa shape index (κ3) is 5.50. The van der Waals surface area contributed by atoms with E-state index in [-0.39, 0.29) is 18.4 Å². The zero-order chi connectivity index (χ0) is 13.5. The second-order valence-corrected chi connectivity index (χ2v) is 4.83. The number of pyridine rings is 1. The second kappa shape index (κ2) is 6.87. The molecule has 0 atom stereocenters. The Bertz CT molecular complexity index is 430. The predicted octanol–water partition coefficient (Wildman–Crippen LogP) is 0.799. The molecule has 1 fully saturated rings. The third-order valence-corrected chi connectivity index (χ3v) is 2.98. The van der Waals surface area contributed by atoms with Crippen molar-refractivity contribution < 1.29 is 9.59 Å². The van der Waals surface area contributed by atoms with Gasteiger partial charge in [0, 0.05) is 24.9 Å². The summed E-state index contributed by atoms with van der Waals surface area (Å²) in [7, 11) is 0. The maximum atomic E-state index is 11.5. The van der Waals surface area contributed by atoms with E-state index in [2.05, 4.69) is 15.6 Å². The van der Waals surface area contributed by atoms with E-state index in [1.54, 1.807) is 12.4 Å². The first-order valence-corrected chi connectivity index (χ1v) is 6.69. The van der Waals surface area contributed by atoms with Crippen LogP contribution in [-0.2, 0) is 16.0 Å². The molecule has 0 aromatic carbocycles. The van der Waals surface area contributed by atoms with Crippen molar-refractivity contribution in [1.82, 2.24) is 15.6 Å². The average molecular weight is 261 g/mol. The number of nitrogens with one attached hydrogen (secondary N) is 2. The molecule has 0 bridgehead atoms. The Kier molecular flexibility index (Phi) is 4.89. The molecule has 0 unspecified atom stereocenters. The molecular formula is C14H19N3O2. The van der Waals surface area contributed by atoms with Crippen molar-refractivity contribution in [2.24, 2.45) is 0 Å². The Morgan fingerprint density at radius 1 is 1.32 bits per heavy atom. The minimum atomic E-state index is -0.0943. The van der Waals surface area contributed by atoms with E-state index in [1.807, 2.05) is 12.1 Å². The van der Waals surface area contributed by atoms with E-state index in [9.17, 15) is 9.59 Å². The molecule has 1 heterocycles. The number of hydrogen-bond donors (Lipinski definition) is 2. The summed E-state index contributed by atoms with van der Waals surface area (Å²) >= 11 is 0. The smallest absolute Gasteiger partial charge is 0.239 e. The van der Waals surface area contributed by atoms with Crippen LogP contribution in [0.5, 0.6) is 0 Å². The number of hydrogen-bond acceptors (Lipinski definition) is 3. The summed E-state index contributed by atoms with van der Waals surface area (Å²) in [5.41, 5.74) is 1.13. The molecule has 5 heteroatoms. The van der Waals surface area contributed by atoms with Gasteiger partial charge in [0.05, 0.1) is 6.54 Å². The highest BCUT2D eigenvalue weighted by molar-refractivity contribution is 5.84.